The van der Waals surface area contributed by atoms with Crippen molar-refractivity contribution in [2.45, 2.75) is 38.8 Å². The van der Waals surface area contributed by atoms with Gasteiger partial charge in [0, 0.05) is 23.9 Å². The second-order valence-electron chi connectivity index (χ2n) is 7.58. The van der Waals surface area contributed by atoms with Gasteiger partial charge in [-0.3, -0.25) is 4.79 Å². The molecule has 1 spiro atoms. The molecule has 2 aromatic rings. The predicted molar refractivity (Wildman–Crippen MR) is 102 cm³/mol. The molecule has 0 N–H and O–H groups in total. The number of hydrogen-bond donors (Lipinski definition) is 0. The van der Waals surface area contributed by atoms with Gasteiger partial charge in [0.05, 0.1) is 5.41 Å². The van der Waals surface area contributed by atoms with Gasteiger partial charge in [0.1, 0.15) is 12.0 Å². The summed E-state index contributed by atoms with van der Waals surface area (Å²) < 4.78 is 6.72. The van der Waals surface area contributed by atoms with E-state index in [1.54, 1.807) is 0 Å². The zero-order valence-electron chi connectivity index (χ0n) is 15.4. The quantitative estimate of drug-likeness (QED) is 0.712. The molecule has 0 unspecified atom stereocenters. The monoisotopic (exact) mass is 333 g/mol. The number of benzene rings is 2. The fourth-order valence-corrected chi connectivity index (χ4v) is 4.32. The molecule has 4 rings (SSSR count). The Labute approximate surface area is 148 Å². The lowest BCUT2D eigenvalue weighted by Crippen LogP contribution is -2.58. The summed E-state index contributed by atoms with van der Waals surface area (Å²) >= 11 is 0. The van der Waals surface area contributed by atoms with Crippen LogP contribution in [0.3, 0.4) is 0 Å². The van der Waals surface area contributed by atoms with E-state index >= 15 is 0 Å². The molecule has 2 aliphatic heterocycles. The third kappa shape index (κ3) is 1.84. The van der Waals surface area contributed by atoms with Crippen LogP contribution in [0.4, 0.5) is 5.69 Å². The maximum atomic E-state index is 11.3. The molecule has 0 radical (unpaired) electrons. The van der Waals surface area contributed by atoms with Crippen LogP contribution in [0.2, 0.25) is 0 Å². The van der Waals surface area contributed by atoms with E-state index in [4.69, 9.17) is 4.74 Å². The zero-order valence-corrected chi connectivity index (χ0v) is 15.4. The van der Waals surface area contributed by atoms with Crippen LogP contribution in [-0.4, -0.2) is 19.1 Å². The van der Waals surface area contributed by atoms with Crippen LogP contribution in [0.5, 0.6) is 5.75 Å². The number of aldehydes is 1. The van der Waals surface area contributed by atoms with Crippen LogP contribution in [0.1, 0.15) is 46.5 Å². The summed E-state index contributed by atoms with van der Waals surface area (Å²) in [4.78, 5) is 13.6. The summed E-state index contributed by atoms with van der Waals surface area (Å²) in [6.45, 7) is 8.47. The number of rotatable bonds is 1. The summed E-state index contributed by atoms with van der Waals surface area (Å²) in [6.07, 6.45) is 5.16. The molecule has 2 aliphatic rings. The maximum Gasteiger partial charge on any atom is 0.211 e. The summed E-state index contributed by atoms with van der Waals surface area (Å²) in [5, 5.41) is 0. The molecule has 0 aliphatic carbocycles. The topological polar surface area (TPSA) is 29.5 Å². The van der Waals surface area contributed by atoms with E-state index < -0.39 is 5.72 Å². The van der Waals surface area contributed by atoms with Crippen molar-refractivity contribution < 1.29 is 9.53 Å². The summed E-state index contributed by atoms with van der Waals surface area (Å²) in [6, 6.07) is 10.4. The minimum atomic E-state index is -0.580. The number of carbonyl (C=O) groups is 1. The third-order valence-electron chi connectivity index (χ3n) is 6.12. The van der Waals surface area contributed by atoms with E-state index in [0.29, 0.717) is 0 Å². The van der Waals surface area contributed by atoms with Crippen molar-refractivity contribution in [3.63, 3.8) is 0 Å². The van der Waals surface area contributed by atoms with Crippen LogP contribution in [0.15, 0.2) is 36.4 Å². The van der Waals surface area contributed by atoms with Gasteiger partial charge in [0.2, 0.25) is 5.72 Å². The first-order valence-corrected chi connectivity index (χ1v) is 8.64. The molecule has 128 valence electrons. The predicted octanol–water partition coefficient (Wildman–Crippen LogP) is 4.65. The van der Waals surface area contributed by atoms with E-state index in [0.717, 1.165) is 34.3 Å². The fourth-order valence-electron chi connectivity index (χ4n) is 4.32. The van der Waals surface area contributed by atoms with Gasteiger partial charge in [0.15, 0.2) is 0 Å². The highest BCUT2D eigenvalue weighted by atomic mass is 16.5. The van der Waals surface area contributed by atoms with Gasteiger partial charge in [-0.25, -0.2) is 0 Å². The second kappa shape index (κ2) is 4.98. The van der Waals surface area contributed by atoms with Gasteiger partial charge < -0.3 is 9.64 Å². The SMILES string of the molecule is Cc1c(C=O)cc2c(c1C)O[C@@]1(C=C2)N(C)c2ccccc2C1(C)C. The van der Waals surface area contributed by atoms with Gasteiger partial charge in [0.25, 0.3) is 0 Å². The van der Waals surface area contributed by atoms with Crippen LogP contribution < -0.4 is 9.64 Å². The van der Waals surface area contributed by atoms with Crippen LogP contribution in [-0.2, 0) is 5.41 Å². The van der Waals surface area contributed by atoms with E-state index in [1.165, 1.54) is 11.3 Å². The number of ether oxygens (including phenoxy) is 1. The van der Waals surface area contributed by atoms with Gasteiger partial charge in [-0.1, -0.05) is 18.2 Å². The van der Waals surface area contributed by atoms with E-state index in [1.807, 2.05) is 19.9 Å². The minimum Gasteiger partial charge on any atom is -0.462 e. The molecular weight excluding hydrogens is 310 g/mol. The largest absolute Gasteiger partial charge is 0.462 e. The second-order valence-corrected chi connectivity index (χ2v) is 7.58. The highest BCUT2D eigenvalue weighted by Gasteiger charge is 2.57. The molecule has 3 nitrogen and oxygen atoms in total. The number of carbonyl (C=O) groups excluding carboxylic acids is 1. The smallest absolute Gasteiger partial charge is 0.211 e. The van der Waals surface area contributed by atoms with Crippen molar-refractivity contribution in [3.8, 4) is 5.75 Å². The molecule has 25 heavy (non-hydrogen) atoms. The van der Waals surface area contributed by atoms with Gasteiger partial charge >= 0.3 is 0 Å². The number of nitrogens with zero attached hydrogens (tertiary/aromatic N) is 1. The van der Waals surface area contributed by atoms with E-state index in [-0.39, 0.29) is 5.41 Å². The molecule has 0 fully saturated rings. The lowest BCUT2D eigenvalue weighted by molar-refractivity contribution is 0.0573. The molecule has 0 aromatic heterocycles. The Hall–Kier alpha value is -2.55. The first-order chi connectivity index (χ1) is 11.8. The summed E-state index contributed by atoms with van der Waals surface area (Å²) in [7, 11) is 2.09. The molecule has 2 heterocycles. The fraction of sp³-hybridized carbons (Fsp3) is 0.318. The average molecular weight is 333 g/mol. The standard InChI is InChI=1S/C22H23NO2/c1-14-15(2)20-16(12-17(14)13-24)10-11-22(25-20)21(3,4)18-8-6-7-9-19(18)23(22)5/h6-13H,1-5H3/t22-/m1/s1. The number of likely N-dealkylation sites (N-methyl/N-ethyl adjacent to an activating group) is 1. The molecule has 0 saturated heterocycles. The Morgan fingerprint density at radius 3 is 2.52 bits per heavy atom. The van der Waals surface area contributed by atoms with E-state index in [9.17, 15) is 4.79 Å². The lowest BCUT2D eigenvalue weighted by Gasteiger charge is -2.46. The Bertz CT molecular complexity index is 926. The number of anilines is 1. The number of hydrogen-bond acceptors (Lipinski definition) is 3. The van der Waals surface area contributed by atoms with Gasteiger partial charge in [-0.2, -0.15) is 0 Å². The van der Waals surface area contributed by atoms with Crippen molar-refractivity contribution in [3.05, 3.63) is 64.2 Å². The molecule has 2 aromatic carbocycles. The maximum absolute atomic E-state index is 11.3. The highest BCUT2D eigenvalue weighted by Crippen LogP contribution is 2.54. The number of para-hydroxylation sites is 1. The third-order valence-corrected chi connectivity index (χ3v) is 6.12. The van der Waals surface area contributed by atoms with Crippen molar-refractivity contribution in [2.75, 3.05) is 11.9 Å². The Morgan fingerprint density at radius 1 is 1.12 bits per heavy atom. The molecule has 3 heteroatoms. The van der Waals surface area contributed by atoms with Crippen molar-refractivity contribution >= 4 is 18.0 Å². The normalized spacial score (nSPS) is 22.5. The van der Waals surface area contributed by atoms with E-state index in [2.05, 4.69) is 62.2 Å². The lowest BCUT2D eigenvalue weighted by atomic mass is 9.76. The Balaban J connectivity index is 1.92. The molecule has 0 amide bonds. The molecule has 0 bridgehead atoms. The summed E-state index contributed by atoms with van der Waals surface area (Å²) in [5.74, 6) is 0.873. The number of fused-ring (bicyclic) bond motifs is 2. The Morgan fingerprint density at radius 2 is 1.84 bits per heavy atom. The first-order valence-electron chi connectivity index (χ1n) is 8.64. The summed E-state index contributed by atoms with van der Waals surface area (Å²) in [5.41, 5.74) is 5.39. The zero-order chi connectivity index (χ0) is 18.0. The molecule has 1 atom stereocenters. The molecule has 0 saturated carbocycles. The van der Waals surface area contributed by atoms with Crippen LogP contribution in [0, 0.1) is 13.8 Å². The minimum absolute atomic E-state index is 0.212. The van der Waals surface area contributed by atoms with Crippen molar-refractivity contribution in [1.29, 1.82) is 0 Å². The van der Waals surface area contributed by atoms with Gasteiger partial charge in [-0.05, 0) is 68.7 Å². The van der Waals surface area contributed by atoms with Gasteiger partial charge in [-0.15, -0.1) is 0 Å². The van der Waals surface area contributed by atoms with Crippen molar-refractivity contribution in [2.24, 2.45) is 0 Å². The first kappa shape index (κ1) is 15.9. The van der Waals surface area contributed by atoms with Crippen molar-refractivity contribution in [1.82, 2.24) is 0 Å². The average Bonchev–Trinajstić information content (AvgIpc) is 2.78. The Kier molecular flexibility index (Phi) is 3.18. The highest BCUT2D eigenvalue weighted by molar-refractivity contribution is 5.83. The van der Waals surface area contributed by atoms with Crippen LogP contribution >= 0.6 is 0 Å². The molecular formula is C22H23NO2. The van der Waals surface area contributed by atoms with Crippen LogP contribution in [0.25, 0.3) is 6.08 Å².